The molecule has 0 heterocycles. The molecule has 0 radical (unpaired) electrons. The summed E-state index contributed by atoms with van der Waals surface area (Å²) in [5.41, 5.74) is 9.01. The van der Waals surface area contributed by atoms with Gasteiger partial charge in [0.25, 0.3) is 5.69 Å². The highest BCUT2D eigenvalue weighted by Gasteiger charge is 2.10. The summed E-state index contributed by atoms with van der Waals surface area (Å²) < 4.78 is 0. The molecule has 0 bridgehead atoms. The summed E-state index contributed by atoms with van der Waals surface area (Å²) in [5, 5.41) is 14.5. The van der Waals surface area contributed by atoms with Crippen LogP contribution in [0.5, 0.6) is 0 Å². The van der Waals surface area contributed by atoms with Gasteiger partial charge in [-0.2, -0.15) is 5.10 Å². The van der Waals surface area contributed by atoms with Crippen molar-refractivity contribution in [3.63, 3.8) is 0 Å². The molecule has 0 unspecified atom stereocenters. The lowest BCUT2D eigenvalue weighted by molar-refractivity contribution is -0.384. The summed E-state index contributed by atoms with van der Waals surface area (Å²) in [4.78, 5) is 12.1. The third kappa shape index (κ3) is 3.67. The maximum Gasteiger partial charge on any atom is 0.270 e. The third-order valence-electron chi connectivity index (χ3n) is 2.08. The molecular weight excluding hydrogens is 254 g/mol. The van der Waals surface area contributed by atoms with Crippen LogP contribution in [0, 0.1) is 10.1 Å². The molecular formula is C10H13N5O2S. The predicted octanol–water partition coefficient (Wildman–Crippen LogP) is 0.828. The van der Waals surface area contributed by atoms with Crippen molar-refractivity contribution < 1.29 is 4.92 Å². The van der Waals surface area contributed by atoms with Crippen molar-refractivity contribution >= 4 is 34.9 Å². The Morgan fingerprint density at radius 1 is 1.61 bits per heavy atom. The van der Waals surface area contributed by atoms with Crippen LogP contribution in [0.25, 0.3) is 0 Å². The monoisotopic (exact) mass is 267 g/mol. The van der Waals surface area contributed by atoms with Crippen LogP contribution >= 0.6 is 12.2 Å². The van der Waals surface area contributed by atoms with Gasteiger partial charge in [0.15, 0.2) is 5.11 Å². The zero-order chi connectivity index (χ0) is 13.7. The summed E-state index contributed by atoms with van der Waals surface area (Å²) in [6, 6.07) is 4.52. The van der Waals surface area contributed by atoms with Crippen LogP contribution in [-0.2, 0) is 0 Å². The number of rotatable bonds is 4. The molecule has 0 aliphatic carbocycles. The molecule has 3 N–H and O–H groups in total. The number of non-ortho nitro benzene ring substituents is 1. The van der Waals surface area contributed by atoms with E-state index in [1.54, 1.807) is 6.07 Å². The molecule has 0 spiro atoms. The van der Waals surface area contributed by atoms with Gasteiger partial charge in [-0.1, -0.05) is 0 Å². The molecule has 8 heteroatoms. The average Bonchev–Trinajstić information content (AvgIpc) is 2.27. The minimum Gasteiger partial charge on any atom is -0.377 e. The fraction of sp³-hybridized carbons (Fsp3) is 0.200. The minimum absolute atomic E-state index is 0.00243. The smallest absolute Gasteiger partial charge is 0.270 e. The summed E-state index contributed by atoms with van der Waals surface area (Å²) in [6.07, 6.45) is 1.43. The van der Waals surface area contributed by atoms with Gasteiger partial charge in [0, 0.05) is 37.5 Å². The molecule has 0 aliphatic heterocycles. The zero-order valence-electron chi connectivity index (χ0n) is 9.95. The normalized spacial score (nSPS) is 10.3. The number of nitro benzene ring substituents is 1. The molecule has 96 valence electrons. The van der Waals surface area contributed by atoms with Gasteiger partial charge in [0.1, 0.15) is 0 Å². The van der Waals surface area contributed by atoms with Gasteiger partial charge in [-0.15, -0.1) is 0 Å². The highest BCUT2D eigenvalue weighted by atomic mass is 32.1. The Hall–Kier alpha value is -2.22. The lowest BCUT2D eigenvalue weighted by Crippen LogP contribution is -2.24. The molecule has 0 saturated carbocycles. The van der Waals surface area contributed by atoms with Gasteiger partial charge in [-0.25, -0.2) is 0 Å². The lowest BCUT2D eigenvalue weighted by Gasteiger charge is -2.14. The van der Waals surface area contributed by atoms with Crippen molar-refractivity contribution in [3.05, 3.63) is 33.9 Å². The highest BCUT2D eigenvalue weighted by Crippen LogP contribution is 2.22. The van der Waals surface area contributed by atoms with E-state index < -0.39 is 4.92 Å². The fourth-order valence-corrected chi connectivity index (χ4v) is 1.38. The second-order valence-electron chi connectivity index (χ2n) is 3.63. The Balaban J connectivity index is 3.11. The Kier molecular flexibility index (Phi) is 4.55. The second kappa shape index (κ2) is 5.92. The molecule has 0 fully saturated rings. The maximum absolute atomic E-state index is 10.7. The number of thiocarbonyl (C=S) groups is 1. The largest absolute Gasteiger partial charge is 0.377 e. The van der Waals surface area contributed by atoms with Crippen molar-refractivity contribution in [2.45, 2.75) is 0 Å². The highest BCUT2D eigenvalue weighted by molar-refractivity contribution is 7.80. The first-order chi connectivity index (χ1) is 8.41. The van der Waals surface area contributed by atoms with E-state index >= 15 is 0 Å². The van der Waals surface area contributed by atoms with Crippen LogP contribution < -0.4 is 16.1 Å². The summed E-state index contributed by atoms with van der Waals surface area (Å²) >= 11 is 4.60. The van der Waals surface area contributed by atoms with Crippen molar-refractivity contribution in [2.24, 2.45) is 10.8 Å². The molecule has 1 aromatic rings. The first-order valence-corrected chi connectivity index (χ1v) is 5.37. The van der Waals surface area contributed by atoms with Crippen LogP contribution in [0.1, 0.15) is 5.56 Å². The maximum atomic E-state index is 10.7. The van der Waals surface area contributed by atoms with Crippen molar-refractivity contribution in [1.29, 1.82) is 0 Å². The molecule has 18 heavy (non-hydrogen) atoms. The number of nitrogens with zero attached hydrogens (tertiary/aromatic N) is 3. The van der Waals surface area contributed by atoms with Gasteiger partial charge < -0.3 is 10.6 Å². The molecule has 0 aromatic heterocycles. The van der Waals surface area contributed by atoms with Crippen molar-refractivity contribution in [1.82, 2.24) is 5.43 Å². The number of hydrogen-bond acceptors (Lipinski definition) is 5. The van der Waals surface area contributed by atoms with Gasteiger partial charge >= 0.3 is 0 Å². The van der Waals surface area contributed by atoms with Crippen LogP contribution in [0.15, 0.2) is 23.3 Å². The number of nitrogens with one attached hydrogen (secondary N) is 1. The van der Waals surface area contributed by atoms with Gasteiger partial charge in [0.2, 0.25) is 0 Å². The SMILES string of the molecule is CN(C)c1ccc([N+](=O)[O-])cc1C=NNC(N)=S. The number of anilines is 1. The summed E-state index contributed by atoms with van der Waals surface area (Å²) in [5.74, 6) is 0. The van der Waals surface area contributed by atoms with E-state index in [-0.39, 0.29) is 10.8 Å². The van der Waals surface area contributed by atoms with E-state index in [9.17, 15) is 10.1 Å². The zero-order valence-corrected chi connectivity index (χ0v) is 10.8. The molecule has 0 saturated heterocycles. The van der Waals surface area contributed by atoms with Crippen molar-refractivity contribution in [3.8, 4) is 0 Å². The number of nitro groups is 1. The first-order valence-electron chi connectivity index (χ1n) is 4.96. The van der Waals surface area contributed by atoms with Crippen LogP contribution in [0.2, 0.25) is 0 Å². The quantitative estimate of drug-likeness (QED) is 0.363. The second-order valence-corrected chi connectivity index (χ2v) is 4.07. The Bertz CT molecular complexity index is 501. The minimum atomic E-state index is -0.461. The standard InChI is InChI=1S/C10H13N5O2S/c1-14(2)9-4-3-8(15(16)17)5-7(9)6-12-13-10(11)18/h3-6H,1-2H3,(H3,11,13,18). The first kappa shape index (κ1) is 13.8. The van der Waals surface area contributed by atoms with Gasteiger partial charge in [-0.3, -0.25) is 15.5 Å². The van der Waals surface area contributed by atoms with E-state index in [4.69, 9.17) is 5.73 Å². The Morgan fingerprint density at radius 2 is 2.28 bits per heavy atom. The van der Waals surface area contributed by atoms with Crippen LogP contribution in [0.4, 0.5) is 11.4 Å². The van der Waals surface area contributed by atoms with E-state index in [0.717, 1.165) is 5.69 Å². The number of hydrogen-bond donors (Lipinski definition) is 2. The summed E-state index contributed by atoms with van der Waals surface area (Å²) in [7, 11) is 3.67. The van der Waals surface area contributed by atoms with E-state index in [2.05, 4.69) is 22.7 Å². The van der Waals surface area contributed by atoms with Crippen LogP contribution in [0.3, 0.4) is 0 Å². The van der Waals surface area contributed by atoms with E-state index in [1.165, 1.54) is 18.3 Å². The number of hydrazone groups is 1. The third-order valence-corrected chi connectivity index (χ3v) is 2.17. The Labute approximate surface area is 109 Å². The average molecular weight is 267 g/mol. The van der Waals surface area contributed by atoms with Gasteiger partial charge in [0.05, 0.1) is 11.1 Å². The molecule has 0 amide bonds. The topological polar surface area (TPSA) is 96.8 Å². The predicted molar refractivity (Wildman–Crippen MR) is 74.9 cm³/mol. The number of benzene rings is 1. The summed E-state index contributed by atoms with van der Waals surface area (Å²) in [6.45, 7) is 0. The fourth-order valence-electron chi connectivity index (χ4n) is 1.33. The van der Waals surface area contributed by atoms with E-state index in [1.807, 2.05) is 19.0 Å². The molecule has 1 rings (SSSR count). The van der Waals surface area contributed by atoms with Gasteiger partial charge in [-0.05, 0) is 18.3 Å². The molecule has 7 nitrogen and oxygen atoms in total. The molecule has 1 aromatic carbocycles. The number of nitrogens with two attached hydrogens (primary N) is 1. The molecule has 0 aliphatic rings. The van der Waals surface area contributed by atoms with Crippen molar-refractivity contribution in [2.75, 3.05) is 19.0 Å². The lowest BCUT2D eigenvalue weighted by atomic mass is 10.1. The van der Waals surface area contributed by atoms with E-state index in [0.29, 0.717) is 5.56 Å². The Morgan fingerprint density at radius 3 is 2.78 bits per heavy atom. The van der Waals surface area contributed by atoms with Crippen LogP contribution in [-0.4, -0.2) is 30.3 Å². The molecule has 0 atom stereocenters.